The smallest absolute Gasteiger partial charge is 0.119 e. The van der Waals surface area contributed by atoms with E-state index < -0.39 is 0 Å². The van der Waals surface area contributed by atoms with Crippen molar-refractivity contribution in [1.29, 1.82) is 0 Å². The highest BCUT2D eigenvalue weighted by molar-refractivity contribution is 7.22. The summed E-state index contributed by atoms with van der Waals surface area (Å²) in [4.78, 5) is 6.06. The first-order valence-electron chi connectivity index (χ1n) is 14.2. The molecular formula is C33H38N2O3S. The number of phenolic OH excluding ortho intramolecular Hbond substituents is 1. The molecule has 5 nitrogen and oxygen atoms in total. The van der Waals surface area contributed by atoms with Gasteiger partial charge in [-0.05, 0) is 122 Å². The zero-order valence-electron chi connectivity index (χ0n) is 22.8. The van der Waals surface area contributed by atoms with Crippen molar-refractivity contribution in [2.45, 2.75) is 38.2 Å². The first kappa shape index (κ1) is 26.2. The molecule has 4 aromatic rings. The van der Waals surface area contributed by atoms with E-state index in [1.165, 1.54) is 59.3 Å². The molecule has 1 N–H and O–H groups in total. The number of fused-ring (bicyclic) bond motifs is 1. The zero-order chi connectivity index (χ0) is 26.6. The Morgan fingerprint density at radius 2 is 1.67 bits per heavy atom. The Bertz CT molecular complexity index is 1380. The molecule has 2 aliphatic rings. The monoisotopic (exact) mass is 542 g/mol. The lowest BCUT2D eigenvalue weighted by molar-refractivity contribution is 0.183. The van der Waals surface area contributed by atoms with Crippen LogP contribution in [-0.4, -0.2) is 67.4 Å². The molecule has 6 heteroatoms. The number of hydrogen-bond donors (Lipinski definition) is 1. The summed E-state index contributed by atoms with van der Waals surface area (Å²) in [6.45, 7) is 6.20. The number of nitrogens with zero attached hydrogens (tertiary/aromatic N) is 2. The molecule has 0 radical (unpaired) electrons. The molecule has 39 heavy (non-hydrogen) atoms. The lowest BCUT2D eigenvalue weighted by atomic mass is 9.99. The van der Waals surface area contributed by atoms with E-state index in [4.69, 9.17) is 9.47 Å². The lowest BCUT2D eigenvalue weighted by Crippen LogP contribution is -2.33. The Labute approximate surface area is 235 Å². The molecule has 6 rings (SSSR count). The lowest BCUT2D eigenvalue weighted by Gasteiger charge is -2.26. The molecule has 1 aromatic heterocycles. The fraction of sp³-hybridized carbons (Fsp3) is 0.394. The number of hydrogen-bond acceptors (Lipinski definition) is 6. The van der Waals surface area contributed by atoms with Crippen LogP contribution in [0.5, 0.6) is 17.2 Å². The van der Waals surface area contributed by atoms with Crippen LogP contribution in [0.15, 0.2) is 66.7 Å². The average molecular weight is 543 g/mol. The molecule has 0 bridgehead atoms. The van der Waals surface area contributed by atoms with Crippen LogP contribution >= 0.6 is 11.3 Å². The van der Waals surface area contributed by atoms with Crippen LogP contribution in [0.25, 0.3) is 20.5 Å². The molecule has 3 heterocycles. The van der Waals surface area contributed by atoms with E-state index in [1.54, 1.807) is 17.4 Å². The van der Waals surface area contributed by atoms with Crippen molar-refractivity contribution in [3.05, 3.63) is 77.9 Å². The largest absolute Gasteiger partial charge is 0.508 e. The first-order valence-corrected chi connectivity index (χ1v) is 15.1. The number of aromatic hydroxyl groups is 1. The summed E-state index contributed by atoms with van der Waals surface area (Å²) < 4.78 is 13.4. The van der Waals surface area contributed by atoms with Gasteiger partial charge < -0.3 is 19.5 Å². The van der Waals surface area contributed by atoms with Crippen molar-refractivity contribution in [3.8, 4) is 27.7 Å². The minimum atomic E-state index is 0.264. The Hall–Kier alpha value is -3.06. The molecule has 204 valence electrons. The highest BCUT2D eigenvalue weighted by atomic mass is 32.1. The maximum absolute atomic E-state index is 10.1. The fourth-order valence-corrected chi connectivity index (χ4v) is 7.06. The maximum atomic E-state index is 10.1. The predicted octanol–water partition coefficient (Wildman–Crippen LogP) is 6.81. The van der Waals surface area contributed by atoms with E-state index in [0.29, 0.717) is 5.75 Å². The van der Waals surface area contributed by atoms with Crippen LogP contribution < -0.4 is 9.47 Å². The van der Waals surface area contributed by atoms with E-state index in [0.717, 1.165) is 55.3 Å². The van der Waals surface area contributed by atoms with Crippen LogP contribution in [0.2, 0.25) is 0 Å². The van der Waals surface area contributed by atoms with Gasteiger partial charge in [0.1, 0.15) is 30.0 Å². The summed E-state index contributed by atoms with van der Waals surface area (Å²) in [5.41, 5.74) is 3.72. The molecule has 3 aromatic carbocycles. The standard InChI is InChI=1S/C33H38N2O3S/c1-34-18-15-29(23-34)38-28-12-7-25(8-13-28)33-31(30-14-9-26(36)22-32(30)39-33)21-24-5-10-27(11-6-24)37-20-19-35-16-3-2-4-17-35/h5-14,22,29,36H,2-4,15-21,23H2,1H3. The van der Waals surface area contributed by atoms with E-state index in [-0.39, 0.29) is 6.10 Å². The number of rotatable bonds is 9. The maximum Gasteiger partial charge on any atom is 0.119 e. The summed E-state index contributed by atoms with van der Waals surface area (Å²) in [6.07, 6.45) is 6.14. The molecule has 2 fully saturated rings. The van der Waals surface area contributed by atoms with Crippen LogP contribution in [0, 0.1) is 0 Å². The molecular weight excluding hydrogens is 504 g/mol. The van der Waals surface area contributed by atoms with E-state index in [9.17, 15) is 5.11 Å². The van der Waals surface area contributed by atoms with Gasteiger partial charge in [0.2, 0.25) is 0 Å². The van der Waals surface area contributed by atoms with E-state index in [1.807, 2.05) is 12.1 Å². The van der Waals surface area contributed by atoms with Gasteiger partial charge in [0.25, 0.3) is 0 Å². The second kappa shape index (κ2) is 12.0. The van der Waals surface area contributed by atoms with Gasteiger partial charge in [0.05, 0.1) is 0 Å². The summed E-state index contributed by atoms with van der Waals surface area (Å²) in [7, 11) is 2.14. The fourth-order valence-electron chi connectivity index (χ4n) is 5.80. The molecule has 2 aliphatic heterocycles. The van der Waals surface area contributed by atoms with Crippen LogP contribution in [0.4, 0.5) is 0 Å². The molecule has 2 saturated heterocycles. The number of phenols is 1. The predicted molar refractivity (Wildman–Crippen MR) is 160 cm³/mol. The molecule has 0 spiro atoms. The number of benzene rings is 3. The summed E-state index contributed by atoms with van der Waals surface area (Å²) in [5.74, 6) is 2.16. The van der Waals surface area contributed by atoms with Gasteiger partial charge in [-0.2, -0.15) is 0 Å². The summed E-state index contributed by atoms with van der Waals surface area (Å²) >= 11 is 1.74. The highest BCUT2D eigenvalue weighted by Gasteiger charge is 2.21. The Kier molecular flexibility index (Phi) is 8.05. The third kappa shape index (κ3) is 6.40. The first-order chi connectivity index (χ1) is 19.1. The van der Waals surface area contributed by atoms with Crippen molar-refractivity contribution < 1.29 is 14.6 Å². The van der Waals surface area contributed by atoms with E-state index >= 15 is 0 Å². The SMILES string of the molecule is CN1CCC(Oc2ccc(-c3sc4cc(O)ccc4c3Cc3ccc(OCCN4CCCCC4)cc3)cc2)C1. The molecule has 0 amide bonds. The zero-order valence-corrected chi connectivity index (χ0v) is 23.6. The van der Waals surface area contributed by atoms with Crippen LogP contribution in [0.1, 0.15) is 36.8 Å². The Morgan fingerprint density at radius 3 is 2.41 bits per heavy atom. The number of likely N-dealkylation sites (N-methyl/N-ethyl adjacent to an activating group) is 1. The minimum Gasteiger partial charge on any atom is -0.508 e. The van der Waals surface area contributed by atoms with Crippen molar-refractivity contribution in [1.82, 2.24) is 9.80 Å². The third-order valence-corrected chi connectivity index (χ3v) is 9.22. The van der Waals surface area contributed by atoms with Gasteiger partial charge in [-0.15, -0.1) is 11.3 Å². The van der Waals surface area contributed by atoms with Gasteiger partial charge in [-0.1, -0.05) is 18.6 Å². The van der Waals surface area contributed by atoms with Gasteiger partial charge in [0, 0.05) is 29.2 Å². The molecule has 0 aliphatic carbocycles. The van der Waals surface area contributed by atoms with Crippen molar-refractivity contribution in [3.63, 3.8) is 0 Å². The minimum absolute atomic E-state index is 0.264. The van der Waals surface area contributed by atoms with Gasteiger partial charge in [0.15, 0.2) is 0 Å². The number of likely N-dealkylation sites (tertiary alicyclic amines) is 2. The highest BCUT2D eigenvalue weighted by Crippen LogP contribution is 2.41. The van der Waals surface area contributed by atoms with Gasteiger partial charge in [-0.25, -0.2) is 0 Å². The summed E-state index contributed by atoms with van der Waals surface area (Å²) in [6, 6.07) is 22.8. The second-order valence-corrected chi connectivity index (χ2v) is 12.0. The molecule has 0 saturated carbocycles. The van der Waals surface area contributed by atoms with Crippen molar-refractivity contribution in [2.75, 3.05) is 46.4 Å². The quantitative estimate of drug-likeness (QED) is 0.252. The third-order valence-electron chi connectivity index (χ3n) is 7.97. The molecule has 1 atom stereocenters. The average Bonchev–Trinajstić information content (AvgIpc) is 3.53. The van der Waals surface area contributed by atoms with Gasteiger partial charge in [-0.3, -0.25) is 4.90 Å². The van der Waals surface area contributed by atoms with Crippen LogP contribution in [0.3, 0.4) is 0 Å². The second-order valence-electron chi connectivity index (χ2n) is 11.0. The van der Waals surface area contributed by atoms with Gasteiger partial charge >= 0.3 is 0 Å². The number of ether oxygens (including phenoxy) is 2. The number of piperidine rings is 1. The van der Waals surface area contributed by atoms with Crippen molar-refractivity contribution in [2.24, 2.45) is 0 Å². The summed E-state index contributed by atoms with van der Waals surface area (Å²) in [5, 5.41) is 11.3. The normalized spacial score (nSPS) is 18.5. The Balaban J connectivity index is 1.17. The molecule has 1 unspecified atom stereocenters. The number of thiophene rings is 1. The van der Waals surface area contributed by atoms with Crippen LogP contribution in [-0.2, 0) is 6.42 Å². The van der Waals surface area contributed by atoms with E-state index in [2.05, 4.69) is 65.4 Å². The van der Waals surface area contributed by atoms with Crippen molar-refractivity contribution >= 4 is 21.4 Å². The Morgan fingerprint density at radius 1 is 0.897 bits per heavy atom. The topological polar surface area (TPSA) is 45.2 Å².